The quantitative estimate of drug-likeness (QED) is 0.0138. The van der Waals surface area contributed by atoms with Gasteiger partial charge >= 0.3 is 53.7 Å². The van der Waals surface area contributed by atoms with E-state index >= 15 is 4.79 Å². The van der Waals surface area contributed by atoms with Crippen molar-refractivity contribution in [1.29, 1.82) is 0 Å². The van der Waals surface area contributed by atoms with E-state index in [1.165, 1.54) is 97.8 Å². The van der Waals surface area contributed by atoms with Crippen LogP contribution in [0.25, 0.3) is 0 Å². The third-order valence-corrected chi connectivity index (χ3v) is 23.5. The van der Waals surface area contributed by atoms with Gasteiger partial charge in [0.25, 0.3) is 5.91 Å². The van der Waals surface area contributed by atoms with Crippen LogP contribution < -0.4 is 36.6 Å². The van der Waals surface area contributed by atoms with E-state index in [2.05, 4.69) is 44.6 Å². The minimum Gasteiger partial charge on any atom is -0.463 e. The van der Waals surface area contributed by atoms with Crippen LogP contribution in [-0.2, 0) is 192 Å². The van der Waals surface area contributed by atoms with E-state index in [0.717, 1.165) is 0 Å². The summed E-state index contributed by atoms with van der Waals surface area (Å²) in [6, 6.07) is -3.44. The number of rotatable bonds is 59. The van der Waals surface area contributed by atoms with Gasteiger partial charge in [-0.15, -0.1) is 0 Å². The Hall–Kier alpha value is -9.52. The van der Waals surface area contributed by atoms with Crippen LogP contribution in [0.4, 0.5) is 0 Å². The van der Waals surface area contributed by atoms with Gasteiger partial charge in [-0.1, -0.05) is 51.5 Å². The first-order valence-electron chi connectivity index (χ1n) is 46.1. The zero-order valence-corrected chi connectivity index (χ0v) is 84.1. The average Bonchev–Trinajstić information content (AvgIpc) is 0.809. The minimum absolute atomic E-state index is 0.000205. The van der Waals surface area contributed by atoms with Gasteiger partial charge in [-0.05, 0) is 69.0 Å². The van der Waals surface area contributed by atoms with E-state index in [4.69, 9.17) is 91.7 Å². The summed E-state index contributed by atoms with van der Waals surface area (Å²) in [4.78, 5) is 250. The van der Waals surface area contributed by atoms with Crippen LogP contribution in [0.5, 0.6) is 0 Å². The van der Waals surface area contributed by atoms with E-state index in [0.29, 0.717) is 0 Å². The second-order valence-corrected chi connectivity index (χ2v) is 38.1. The number of hydrogen-bond donors (Lipinski definition) is 8. The first kappa shape index (κ1) is 120. The number of hydrogen-bond acceptors (Lipinski definition) is 37. The Morgan fingerprint density at radius 1 is 0.350 bits per heavy atom. The maximum atomic E-state index is 15.3. The lowest BCUT2D eigenvalue weighted by Gasteiger charge is -2.44. The molecule has 7 N–H and O–H groups in total. The molecule has 4 heterocycles. The van der Waals surface area contributed by atoms with Crippen molar-refractivity contribution < 1.29 is 172 Å². The van der Waals surface area contributed by atoms with Crippen LogP contribution in [0.2, 0.25) is 0 Å². The molecule has 46 nitrogen and oxygen atoms in total. The van der Waals surface area contributed by atoms with E-state index in [1.54, 1.807) is 34.6 Å². The molecule has 4 rings (SSSR count). The monoisotopic (exact) mass is 2010 g/mol. The van der Waals surface area contributed by atoms with Gasteiger partial charge < -0.3 is 132 Å². The zero-order chi connectivity index (χ0) is 102. The number of carbonyl (C=O) groups excluding carboxylic acids is 19. The molecule has 4 saturated heterocycles. The first-order chi connectivity index (χ1) is 64.7. The van der Waals surface area contributed by atoms with Gasteiger partial charge in [-0.25, -0.2) is 0 Å². The van der Waals surface area contributed by atoms with Crippen molar-refractivity contribution in [2.24, 2.45) is 23.7 Å². The molecule has 10 amide bonds. The van der Waals surface area contributed by atoms with Crippen LogP contribution in [-0.4, -0.2) is 337 Å². The highest BCUT2D eigenvalue weighted by Gasteiger charge is 2.52. The molecule has 4 aliphatic rings. The molecule has 778 valence electrons. The number of unbranched alkanes of at least 4 members (excludes halogenated alkanes) is 4. The van der Waals surface area contributed by atoms with Gasteiger partial charge in [0.1, 0.15) is 75.3 Å². The van der Waals surface area contributed by atoms with Crippen molar-refractivity contribution >= 4 is 141 Å². The lowest BCUT2D eigenvalue weighted by atomic mass is 9.88. The summed E-state index contributed by atoms with van der Waals surface area (Å²) in [7, 11) is 1.67. The third kappa shape index (κ3) is 45.5. The molecule has 137 heavy (non-hydrogen) atoms. The van der Waals surface area contributed by atoms with Crippen molar-refractivity contribution in [3.8, 4) is 0 Å². The number of nitrogens with zero attached hydrogens (tertiary/aromatic N) is 3. The highest BCUT2D eigenvalue weighted by molar-refractivity contribution is 8.38. The molecule has 22 atom stereocenters. The largest absolute Gasteiger partial charge is 0.463 e. The van der Waals surface area contributed by atoms with Gasteiger partial charge in [0.05, 0.1) is 30.6 Å². The number of amides is 10. The fourth-order valence-electron chi connectivity index (χ4n) is 15.8. The normalized spacial score (nSPS) is 24.8. The predicted molar refractivity (Wildman–Crippen MR) is 487 cm³/mol. The van der Waals surface area contributed by atoms with Crippen molar-refractivity contribution in [1.82, 2.24) is 51.3 Å². The van der Waals surface area contributed by atoms with Gasteiger partial charge in [0, 0.05) is 218 Å². The Labute approximate surface area is 807 Å². The number of nitrogens with one attached hydrogen (secondary N) is 7. The zero-order valence-electron chi connectivity index (χ0n) is 81.4. The van der Waals surface area contributed by atoms with Crippen molar-refractivity contribution in [3.63, 3.8) is 0 Å². The van der Waals surface area contributed by atoms with Crippen LogP contribution in [0, 0.1) is 23.7 Å². The molecule has 49 heteroatoms. The molecular formula is C88H143N10O36PS2. The summed E-state index contributed by atoms with van der Waals surface area (Å²) in [6.07, 6.45) is -13.7. The summed E-state index contributed by atoms with van der Waals surface area (Å²) < 4.78 is 101. The third-order valence-electron chi connectivity index (χ3n) is 22.4. The van der Waals surface area contributed by atoms with Crippen molar-refractivity contribution in [2.45, 2.75) is 318 Å². The number of ether oxygens (including phenoxy) is 17. The second-order valence-electron chi connectivity index (χ2n) is 33.8. The van der Waals surface area contributed by atoms with Gasteiger partial charge in [0.2, 0.25) is 53.2 Å². The maximum Gasteiger partial charge on any atom is 0.307 e. The van der Waals surface area contributed by atoms with Gasteiger partial charge in [0.15, 0.2) is 31.3 Å². The first-order valence-corrected chi connectivity index (χ1v) is 49.8. The van der Waals surface area contributed by atoms with Gasteiger partial charge in [-0.2, -0.15) is 0 Å². The highest BCUT2D eigenvalue weighted by Crippen LogP contribution is 2.35. The van der Waals surface area contributed by atoms with Crippen LogP contribution in [0.1, 0.15) is 214 Å². The molecule has 0 radical (unpaired) electrons. The molecule has 4 aliphatic heterocycles. The molecule has 0 aromatic rings. The van der Waals surface area contributed by atoms with Gasteiger partial charge in [-0.3, -0.25) is 91.1 Å². The van der Waals surface area contributed by atoms with Crippen LogP contribution >= 0.6 is 8.02 Å². The van der Waals surface area contributed by atoms with E-state index in [9.17, 15) is 86.3 Å². The fraction of sp³-hybridized carbons (Fsp3) is 0.784. The number of thiol groups is 1. The van der Waals surface area contributed by atoms with Crippen LogP contribution in [0.15, 0.2) is 0 Å². The Morgan fingerprint density at radius 3 is 0.869 bits per heavy atom. The Balaban J connectivity index is 1.71. The fourth-order valence-corrected chi connectivity index (χ4v) is 16.8. The van der Waals surface area contributed by atoms with Crippen LogP contribution in [0.3, 0.4) is 0 Å². The molecule has 0 aromatic heterocycles. The maximum absolute atomic E-state index is 15.3. The second kappa shape index (κ2) is 63.2. The summed E-state index contributed by atoms with van der Waals surface area (Å²) >= 11 is 5.07. The van der Waals surface area contributed by atoms with Crippen molar-refractivity contribution in [2.75, 3.05) is 105 Å². The van der Waals surface area contributed by atoms with E-state index < -0.39 is 256 Å². The highest BCUT2D eigenvalue weighted by atomic mass is 32.9. The molecule has 0 saturated carbocycles. The van der Waals surface area contributed by atoms with E-state index in [-0.39, 0.29) is 195 Å². The average molecular weight is 2010 g/mol. The molecule has 0 bridgehead atoms. The number of esters is 9. The summed E-state index contributed by atoms with van der Waals surface area (Å²) in [6.45, 7) is 19.8. The molecular weight excluding hydrogens is 1870 g/mol. The topological polar surface area (TPSA) is 575 Å². The predicted octanol–water partition coefficient (Wildman–Crippen LogP) is 0.898. The van der Waals surface area contributed by atoms with E-state index in [1.807, 2.05) is 0 Å². The Morgan fingerprint density at radius 2 is 0.620 bits per heavy atom. The molecule has 0 aliphatic carbocycles. The molecule has 0 aromatic carbocycles. The summed E-state index contributed by atoms with van der Waals surface area (Å²) in [5.41, 5.74) is 0. The summed E-state index contributed by atoms with van der Waals surface area (Å²) in [5.74, 6) is -13.6. The standard InChI is InChI=1S/C88H143N10O36PS2/c1-18-65(130-75(116)32-31-72(113)95-137(135)136)84(117)98(39-37-96(73(114)29-21-25-43-120-87-78(93-55(8)101)51(4)82(128-63(16)109)68(133-87)47-124-59(12)105)35-33-89-70(111)27-19-23-41-118-85-76(91-53(6)99)49(2)80(126-61(14)107)66(131-85)45-122-57(10)103)40-38-97(74(115)30-22-26-44-121-88-79(94-56(9)102)52(5)83(129-64(17)110)69(134-88)48-125-60(13)106)36-34-90-71(112)28-20-24-42-119-86-77(92-54(7)100)50(3)81(127-62(15)108)67(132-86)46-123-58(11)104/h49-52,65-69,76-83,85-88,135,137H,18-48H2,1-17H3,(H,89,111)(H,90,112)(H,91,99)(H,92,100)(H,93,101)(H,94,102)(H,95,113,136)/t49-,50-,51-,52-,65?,66?,67?,68?,69?,76?,77?,78?,79?,80-,81-,82-,83-,85-,86-,87-,88-/m1/s1. The lowest BCUT2D eigenvalue weighted by Crippen LogP contribution is -2.62. The Bertz CT molecular complexity index is 3870. The molecule has 10 unspecified atom stereocenters. The molecule has 4 fully saturated rings. The lowest BCUT2D eigenvalue weighted by molar-refractivity contribution is -0.262. The number of carbonyl (C=O) groups is 19. The SMILES string of the molecule is CCC(OC(=O)CCC(=O)N[SH](=P)=S)C(=O)N(CCN(CCNC(=O)CCCCO[C@@H]1OC(COC(C)=O)[C@H](OC(C)=O)[C@H](C)C1NC(C)=O)C(=O)CCCCO[C@@H]1OC(COC(C)=O)[C@H](OC(C)=O)[C@H](C)C1NC(C)=O)CCN(CCNC(=O)CCCCO[C@@H]1OC(COC(C)=O)[C@H](OC(C)=O)[C@H](C)C1NC(C)=O)C(=O)CCCCO[C@@H]1OC(COC(C)=O)[C@H](OC(C)=O)[C@H](C)C1NC(C)=O. The Kier molecular flexibility index (Phi) is 55.3. The molecule has 0 spiro atoms. The summed E-state index contributed by atoms with van der Waals surface area (Å²) in [5, 5.41) is 16.9. The minimum atomic E-state index is -1.51. The van der Waals surface area contributed by atoms with Crippen molar-refractivity contribution in [3.05, 3.63) is 0 Å². The smallest absolute Gasteiger partial charge is 0.307 e.